The first-order valence-electron chi connectivity index (χ1n) is 24.6. The van der Waals surface area contributed by atoms with Crippen LogP contribution in [0.1, 0.15) is 168 Å². The molecule has 0 aromatic heterocycles. The summed E-state index contributed by atoms with van der Waals surface area (Å²) in [6.45, 7) is 4.17. The predicted octanol–water partition coefficient (Wildman–Crippen LogP) is 14.7. The second-order valence-corrected chi connectivity index (χ2v) is 18.6. The zero-order valence-corrected chi connectivity index (χ0v) is 41.9. The summed E-state index contributed by atoms with van der Waals surface area (Å²) >= 11 is 0. The maximum Gasteiger partial charge on any atom is 0.472 e. The van der Waals surface area contributed by atoms with Gasteiger partial charge in [0.15, 0.2) is 6.10 Å². The Bertz CT molecular complexity index is 1450. The number of allylic oxidation sites excluding steroid dienone is 18. The van der Waals surface area contributed by atoms with E-state index in [-0.39, 0.29) is 32.0 Å². The van der Waals surface area contributed by atoms with Gasteiger partial charge in [-0.15, -0.1) is 0 Å². The summed E-state index contributed by atoms with van der Waals surface area (Å²) in [5.74, 6) is -0.835. The number of esters is 2. The lowest BCUT2D eigenvalue weighted by Crippen LogP contribution is -2.37. The van der Waals surface area contributed by atoms with Gasteiger partial charge >= 0.3 is 19.8 Å². The van der Waals surface area contributed by atoms with Crippen molar-refractivity contribution in [1.82, 2.24) is 0 Å². The number of ether oxygens (including phenoxy) is 2. The molecular formula is C54H91NO8P+. The summed E-state index contributed by atoms with van der Waals surface area (Å²) in [6.07, 6.45) is 62.0. The average molecular weight is 913 g/mol. The normalized spacial score (nSPS) is 14.4. The van der Waals surface area contributed by atoms with E-state index in [4.69, 9.17) is 18.5 Å². The molecule has 0 aliphatic rings. The van der Waals surface area contributed by atoms with Crippen molar-refractivity contribution in [2.24, 2.45) is 0 Å². The molecule has 0 rings (SSSR count). The third kappa shape index (κ3) is 48.1. The smallest absolute Gasteiger partial charge is 0.462 e. The number of carbonyl (C=O) groups excluding carboxylic acids is 2. The summed E-state index contributed by atoms with van der Waals surface area (Å²) in [6, 6.07) is 0. The summed E-state index contributed by atoms with van der Waals surface area (Å²) in [5, 5.41) is 0. The molecule has 2 atom stereocenters. The Morgan fingerprint density at radius 2 is 0.891 bits per heavy atom. The van der Waals surface area contributed by atoms with E-state index in [1.54, 1.807) is 0 Å². The lowest BCUT2D eigenvalue weighted by atomic mass is 10.1. The summed E-state index contributed by atoms with van der Waals surface area (Å²) in [5.41, 5.74) is 0. The van der Waals surface area contributed by atoms with E-state index in [0.717, 1.165) is 116 Å². The second-order valence-electron chi connectivity index (χ2n) is 17.1. The van der Waals surface area contributed by atoms with Crippen molar-refractivity contribution in [2.75, 3.05) is 47.5 Å². The third-order valence-corrected chi connectivity index (χ3v) is 10.8. The van der Waals surface area contributed by atoms with E-state index in [1.807, 2.05) is 21.1 Å². The molecule has 0 heterocycles. The van der Waals surface area contributed by atoms with E-state index < -0.39 is 26.5 Å². The molecule has 64 heavy (non-hydrogen) atoms. The first-order chi connectivity index (χ1) is 31.0. The van der Waals surface area contributed by atoms with Crippen LogP contribution in [0.5, 0.6) is 0 Å². The highest BCUT2D eigenvalue weighted by molar-refractivity contribution is 7.47. The summed E-state index contributed by atoms with van der Waals surface area (Å²) < 4.78 is 34.1. The van der Waals surface area contributed by atoms with Crippen LogP contribution in [0.3, 0.4) is 0 Å². The van der Waals surface area contributed by atoms with Gasteiger partial charge in [0, 0.05) is 12.8 Å². The van der Waals surface area contributed by atoms with E-state index in [1.165, 1.54) is 19.3 Å². The SMILES string of the molecule is CC/C=C\C/C=C\C/C=C\C/C=C\C/C=C\C/C=C\C/C=C\C/C=C\C/C=C\CCCCCCCCCC(=O)OC(COC(=O)CCCCCCC)COP(=O)(O)OCC[N+](C)(C)C. The quantitative estimate of drug-likeness (QED) is 0.0212. The standard InChI is InChI=1S/C54H90NO8P/c1-6-8-10-12-13-14-15-16-17-18-19-20-21-22-23-24-25-26-27-28-29-30-31-32-33-34-35-36-37-38-39-40-41-43-45-47-54(57)63-52(50-60-53(56)46-44-42-11-9-7-2)51-62-64(58,59)61-49-48-55(3,4)5/h8,10,13-14,16-17,19-20,22-23,25-26,28-29,31-32,34-35,52H,6-7,9,11-12,15,18,21,24,27,30,33,36-51H2,1-5H3/p+1/b10-8-,14-13-,17-16-,20-19-,23-22-,26-25-,29-28-,32-31-,35-34-. The van der Waals surface area contributed by atoms with E-state index in [0.29, 0.717) is 17.4 Å². The zero-order chi connectivity index (χ0) is 47.1. The van der Waals surface area contributed by atoms with Crippen molar-refractivity contribution in [3.8, 4) is 0 Å². The summed E-state index contributed by atoms with van der Waals surface area (Å²) in [7, 11) is 1.45. The van der Waals surface area contributed by atoms with Crippen LogP contribution in [0, 0.1) is 0 Å². The number of nitrogens with zero attached hydrogens (tertiary/aromatic N) is 1. The molecule has 0 saturated carbocycles. The summed E-state index contributed by atoms with van der Waals surface area (Å²) in [4.78, 5) is 35.1. The highest BCUT2D eigenvalue weighted by atomic mass is 31.2. The van der Waals surface area contributed by atoms with Gasteiger partial charge in [-0.25, -0.2) is 4.57 Å². The Balaban J connectivity index is 4.06. The Hall–Kier alpha value is -3.33. The minimum atomic E-state index is -4.37. The topological polar surface area (TPSA) is 108 Å². The van der Waals surface area contributed by atoms with Crippen LogP contribution in [0.15, 0.2) is 109 Å². The van der Waals surface area contributed by atoms with Crippen LogP contribution in [0.2, 0.25) is 0 Å². The van der Waals surface area contributed by atoms with Gasteiger partial charge in [-0.2, -0.15) is 0 Å². The number of hydrogen-bond acceptors (Lipinski definition) is 7. The molecule has 0 aromatic carbocycles. The van der Waals surface area contributed by atoms with Crippen LogP contribution in [0.25, 0.3) is 0 Å². The maximum absolute atomic E-state index is 12.7. The number of likely N-dealkylation sites (N-methyl/N-ethyl adjacent to an activating group) is 1. The number of carbonyl (C=O) groups is 2. The number of hydrogen-bond donors (Lipinski definition) is 1. The molecule has 0 radical (unpaired) electrons. The van der Waals surface area contributed by atoms with E-state index in [9.17, 15) is 19.0 Å². The Morgan fingerprint density at radius 1 is 0.500 bits per heavy atom. The van der Waals surface area contributed by atoms with E-state index in [2.05, 4.69) is 123 Å². The van der Waals surface area contributed by atoms with Gasteiger partial charge in [0.25, 0.3) is 0 Å². The third-order valence-electron chi connectivity index (χ3n) is 9.82. The van der Waals surface area contributed by atoms with Crippen molar-refractivity contribution in [1.29, 1.82) is 0 Å². The number of phosphoric ester groups is 1. The van der Waals surface area contributed by atoms with Crippen molar-refractivity contribution in [3.63, 3.8) is 0 Å². The number of rotatable bonds is 43. The van der Waals surface area contributed by atoms with Gasteiger partial charge in [0.2, 0.25) is 0 Å². The predicted molar refractivity (Wildman–Crippen MR) is 270 cm³/mol. The Kier molecular flexibility index (Phi) is 42.5. The van der Waals surface area contributed by atoms with Crippen LogP contribution in [0.4, 0.5) is 0 Å². The molecule has 0 saturated heterocycles. The van der Waals surface area contributed by atoms with Crippen molar-refractivity contribution >= 4 is 19.8 Å². The van der Waals surface area contributed by atoms with Crippen molar-refractivity contribution in [3.05, 3.63) is 109 Å². The average Bonchev–Trinajstić information content (AvgIpc) is 3.25. The molecule has 364 valence electrons. The molecule has 0 spiro atoms. The van der Waals surface area contributed by atoms with E-state index >= 15 is 0 Å². The highest BCUT2D eigenvalue weighted by Gasteiger charge is 2.27. The molecule has 0 amide bonds. The van der Waals surface area contributed by atoms with Crippen molar-refractivity contribution < 1.29 is 42.1 Å². The molecule has 0 aliphatic heterocycles. The Labute approximate surface area is 391 Å². The Morgan fingerprint density at radius 3 is 1.33 bits per heavy atom. The van der Waals surface area contributed by atoms with Gasteiger partial charge in [-0.3, -0.25) is 18.6 Å². The number of quaternary nitrogens is 1. The molecule has 10 heteroatoms. The zero-order valence-electron chi connectivity index (χ0n) is 41.0. The first-order valence-corrected chi connectivity index (χ1v) is 26.1. The van der Waals surface area contributed by atoms with Crippen LogP contribution < -0.4 is 0 Å². The van der Waals surface area contributed by atoms with Crippen LogP contribution in [-0.4, -0.2) is 74.9 Å². The molecule has 0 aromatic rings. The van der Waals surface area contributed by atoms with Crippen LogP contribution >= 0.6 is 7.82 Å². The fourth-order valence-electron chi connectivity index (χ4n) is 6.00. The molecule has 0 bridgehead atoms. The monoisotopic (exact) mass is 913 g/mol. The minimum Gasteiger partial charge on any atom is -0.462 e. The molecular weight excluding hydrogens is 822 g/mol. The number of phosphoric acid groups is 1. The van der Waals surface area contributed by atoms with Gasteiger partial charge in [-0.05, 0) is 83.5 Å². The van der Waals surface area contributed by atoms with Crippen molar-refractivity contribution in [2.45, 2.75) is 174 Å². The molecule has 0 aliphatic carbocycles. The van der Waals surface area contributed by atoms with Crippen LogP contribution in [-0.2, 0) is 32.7 Å². The fourth-order valence-corrected chi connectivity index (χ4v) is 6.75. The minimum absolute atomic E-state index is 0.0242. The second kappa shape index (κ2) is 44.9. The molecule has 0 fully saturated rings. The van der Waals surface area contributed by atoms with Gasteiger partial charge in [0.05, 0.1) is 27.7 Å². The fraction of sp³-hybridized carbons (Fsp3) is 0.630. The van der Waals surface area contributed by atoms with Gasteiger partial charge < -0.3 is 18.9 Å². The lowest BCUT2D eigenvalue weighted by molar-refractivity contribution is -0.870. The lowest BCUT2D eigenvalue weighted by Gasteiger charge is -2.24. The largest absolute Gasteiger partial charge is 0.472 e. The highest BCUT2D eigenvalue weighted by Crippen LogP contribution is 2.43. The first kappa shape index (κ1) is 60.7. The van der Waals surface area contributed by atoms with Gasteiger partial charge in [0.1, 0.15) is 19.8 Å². The molecule has 2 unspecified atom stereocenters. The molecule has 9 nitrogen and oxygen atoms in total. The molecule has 1 N–H and O–H groups in total. The number of unbranched alkanes of at least 4 members (excludes halogenated alkanes) is 11. The maximum atomic E-state index is 12.7. The van der Waals surface area contributed by atoms with Gasteiger partial charge in [-0.1, -0.05) is 181 Å².